The van der Waals surface area contributed by atoms with Crippen LogP contribution in [-0.4, -0.2) is 70.4 Å². The molecule has 4 N–H and O–H groups in total. The van der Waals surface area contributed by atoms with E-state index in [2.05, 4.69) is 170 Å². The topological polar surface area (TPSA) is 85.3 Å². The van der Waals surface area contributed by atoms with Gasteiger partial charge in [0.05, 0.1) is 0 Å². The van der Waals surface area contributed by atoms with Crippen LogP contribution in [0.4, 0.5) is 0 Å². The van der Waals surface area contributed by atoms with Crippen molar-refractivity contribution >= 4 is 69.2 Å². The van der Waals surface area contributed by atoms with Crippen LogP contribution in [-0.2, 0) is 28.1 Å². The highest BCUT2D eigenvalue weighted by atomic mass is 32.1. The molecule has 2 amide bonds. The predicted octanol–water partition coefficient (Wildman–Crippen LogP) is 10.2. The minimum absolute atomic E-state index is 0.0976. The standard InChI is InChI=1S/C57H67N5O2SSi/c1-36(2)55(63)60-25-13-23-58-33-49-43-15-11-12-16-44(43)50(34-59-24-14-26-61-56(64)37(3)4)48-27-39(17-20-45(48)49)51-28-40(35-65-51)54-46-21-18-41(57(6)31-38(5)32-57)29-52(46)66(9,10)53-30-42(62(7)8)19-22-47(53)54/h11-12,15-22,27-30,35,38,58-59H,1,3,13-14,23-26,31-34H2,2,4-10H3,(H-,60,61,63,64)/p+1. The summed E-state index contributed by atoms with van der Waals surface area (Å²) in [5.41, 5.74) is 13.2. The van der Waals surface area contributed by atoms with Gasteiger partial charge in [0.1, 0.15) is 22.2 Å². The molecule has 0 atom stereocenters. The summed E-state index contributed by atoms with van der Waals surface area (Å²) < 4.78 is 2.24. The van der Waals surface area contributed by atoms with E-state index in [-0.39, 0.29) is 17.2 Å². The van der Waals surface area contributed by atoms with Crippen LogP contribution in [0.1, 0.15) is 81.2 Å². The van der Waals surface area contributed by atoms with E-state index in [1.165, 1.54) is 94.7 Å². The SMILES string of the molecule is C=C(C)C(=O)NCCCNCc1c2ccccc2c(CNCCCNC(=O)C(=C)C)c2cc(-c3cc(C4=C5C=CC(=[N+](C)C)C=C5[Si](C)(C)c5cc(C6(C)CC(C)C6)ccc54)cs3)ccc12. The first-order chi connectivity index (χ1) is 31.6. The maximum Gasteiger partial charge on any atom is 0.246 e. The Hall–Kier alpha value is -5.45. The van der Waals surface area contributed by atoms with E-state index in [9.17, 15) is 9.59 Å². The van der Waals surface area contributed by atoms with E-state index in [1.807, 2.05) is 11.3 Å². The van der Waals surface area contributed by atoms with Crippen molar-refractivity contribution in [3.63, 3.8) is 0 Å². The first kappa shape index (κ1) is 47.1. The molecule has 0 unspecified atom stereocenters. The second kappa shape index (κ2) is 19.4. The first-order valence-electron chi connectivity index (χ1n) is 23.8. The monoisotopic (exact) mass is 914 g/mol. The lowest BCUT2D eigenvalue weighted by molar-refractivity contribution is -0.462. The number of nitrogens with one attached hydrogen (secondary N) is 4. The van der Waals surface area contributed by atoms with E-state index >= 15 is 0 Å². The van der Waals surface area contributed by atoms with Crippen LogP contribution in [0.3, 0.4) is 0 Å². The summed E-state index contributed by atoms with van der Waals surface area (Å²) in [4.78, 5) is 25.4. The van der Waals surface area contributed by atoms with Crippen LogP contribution in [0.5, 0.6) is 0 Å². The fourth-order valence-electron chi connectivity index (χ4n) is 10.6. The van der Waals surface area contributed by atoms with Crippen molar-refractivity contribution < 1.29 is 14.2 Å². The molecule has 66 heavy (non-hydrogen) atoms. The molecule has 0 radical (unpaired) electrons. The van der Waals surface area contributed by atoms with Gasteiger partial charge in [0.15, 0.2) is 5.71 Å². The maximum atomic E-state index is 12.1. The van der Waals surface area contributed by atoms with Gasteiger partial charge in [0.2, 0.25) is 11.8 Å². The largest absolute Gasteiger partial charge is 0.352 e. The number of hydrogen-bond donors (Lipinski definition) is 4. The van der Waals surface area contributed by atoms with Crippen molar-refractivity contribution in [2.45, 2.75) is 85.0 Å². The highest BCUT2D eigenvalue weighted by molar-refractivity contribution is 7.13. The van der Waals surface area contributed by atoms with Crippen LogP contribution in [0.25, 0.3) is 37.6 Å². The number of amides is 2. The number of carbonyl (C=O) groups is 2. The number of allylic oxidation sites excluding steroid dienone is 5. The van der Waals surface area contributed by atoms with E-state index < -0.39 is 8.07 Å². The molecule has 2 heterocycles. The summed E-state index contributed by atoms with van der Waals surface area (Å²) in [5.74, 6) is 0.583. The fourth-order valence-corrected chi connectivity index (χ4v) is 14.6. The minimum Gasteiger partial charge on any atom is -0.352 e. The molecule has 1 saturated carbocycles. The second-order valence-corrected chi connectivity index (χ2v) is 25.3. The van der Waals surface area contributed by atoms with Crippen molar-refractivity contribution in [3.8, 4) is 10.4 Å². The Balaban J connectivity index is 1.17. The molecule has 9 heteroatoms. The molecule has 5 aromatic rings. The third-order valence-electron chi connectivity index (χ3n) is 14.1. The normalized spacial score (nSPS) is 18.4. The van der Waals surface area contributed by atoms with Gasteiger partial charge in [-0.05, 0) is 164 Å². The summed E-state index contributed by atoms with van der Waals surface area (Å²) in [5, 5.41) is 23.8. The van der Waals surface area contributed by atoms with Gasteiger partial charge in [-0.3, -0.25) is 9.59 Å². The van der Waals surface area contributed by atoms with Gasteiger partial charge in [-0.25, -0.2) is 4.58 Å². The number of fused-ring (bicyclic) bond motifs is 4. The van der Waals surface area contributed by atoms with Crippen molar-refractivity contribution in [2.24, 2.45) is 5.92 Å². The molecular formula is C57H68N5O2SSi+. The van der Waals surface area contributed by atoms with Gasteiger partial charge in [-0.15, -0.1) is 11.3 Å². The van der Waals surface area contributed by atoms with Crippen LogP contribution < -0.4 is 26.5 Å². The van der Waals surface area contributed by atoms with Crippen LogP contribution in [0, 0.1) is 5.92 Å². The van der Waals surface area contributed by atoms with Crippen molar-refractivity contribution in [1.82, 2.24) is 21.3 Å². The van der Waals surface area contributed by atoms with Crippen molar-refractivity contribution in [3.05, 3.63) is 153 Å². The Bertz CT molecular complexity index is 2900. The quantitative estimate of drug-likeness (QED) is 0.0246. The molecule has 342 valence electrons. The molecular weight excluding hydrogens is 847 g/mol. The second-order valence-electron chi connectivity index (χ2n) is 20.1. The smallest absolute Gasteiger partial charge is 0.246 e. The molecule has 0 spiro atoms. The number of carbonyl (C=O) groups excluding carboxylic acids is 2. The zero-order valence-electron chi connectivity index (χ0n) is 40.4. The molecule has 0 bridgehead atoms. The summed E-state index contributed by atoms with van der Waals surface area (Å²) in [6, 6.07) is 25.8. The maximum absolute atomic E-state index is 12.1. The van der Waals surface area contributed by atoms with E-state index in [4.69, 9.17) is 0 Å². The zero-order chi connectivity index (χ0) is 46.9. The van der Waals surface area contributed by atoms with Gasteiger partial charge in [0.25, 0.3) is 0 Å². The third-order valence-corrected chi connectivity index (χ3v) is 18.6. The van der Waals surface area contributed by atoms with Gasteiger partial charge >= 0.3 is 0 Å². The van der Waals surface area contributed by atoms with Crippen molar-refractivity contribution in [2.75, 3.05) is 40.3 Å². The van der Waals surface area contributed by atoms with Crippen LogP contribution in [0.15, 0.2) is 125 Å². The number of nitrogens with zero attached hydrogens (tertiary/aromatic N) is 1. The average molecular weight is 915 g/mol. The lowest BCUT2D eigenvalue weighted by Crippen LogP contribution is -2.50. The Morgan fingerprint density at radius 2 is 1.38 bits per heavy atom. The number of benzene rings is 4. The van der Waals surface area contributed by atoms with Gasteiger partial charge in [-0.2, -0.15) is 0 Å². The zero-order valence-corrected chi connectivity index (χ0v) is 42.2. The molecule has 2 aliphatic carbocycles. The van der Waals surface area contributed by atoms with Crippen LogP contribution >= 0.6 is 11.3 Å². The van der Waals surface area contributed by atoms with Gasteiger partial charge in [0, 0.05) is 54.4 Å². The molecule has 1 aliphatic heterocycles. The van der Waals surface area contributed by atoms with E-state index in [0.29, 0.717) is 37.3 Å². The average Bonchev–Trinajstić information content (AvgIpc) is 3.77. The van der Waals surface area contributed by atoms with E-state index in [0.717, 1.165) is 31.8 Å². The highest BCUT2D eigenvalue weighted by Gasteiger charge is 2.44. The summed E-state index contributed by atoms with van der Waals surface area (Å²) in [6.07, 6.45) is 11.3. The third kappa shape index (κ3) is 9.41. The van der Waals surface area contributed by atoms with Crippen LogP contribution in [0.2, 0.25) is 13.1 Å². The molecule has 1 aromatic heterocycles. The molecule has 1 fully saturated rings. The lowest BCUT2D eigenvalue weighted by atomic mass is 9.60. The molecule has 3 aliphatic rings. The first-order valence-corrected chi connectivity index (χ1v) is 27.6. The number of hydrogen-bond acceptors (Lipinski definition) is 5. The molecule has 0 saturated heterocycles. The number of thiophene rings is 1. The Kier molecular flexibility index (Phi) is 13.8. The summed E-state index contributed by atoms with van der Waals surface area (Å²) in [7, 11) is 2.22. The summed E-state index contributed by atoms with van der Waals surface area (Å²) >= 11 is 1.83. The van der Waals surface area contributed by atoms with Crippen molar-refractivity contribution in [1.29, 1.82) is 0 Å². The Labute approximate surface area is 397 Å². The van der Waals surface area contributed by atoms with Gasteiger partial charge in [-0.1, -0.05) is 94.7 Å². The summed E-state index contributed by atoms with van der Waals surface area (Å²) in [6.45, 7) is 25.1. The Morgan fingerprint density at radius 3 is 1.97 bits per heavy atom. The van der Waals surface area contributed by atoms with Gasteiger partial charge < -0.3 is 21.3 Å². The number of rotatable bonds is 17. The minimum atomic E-state index is -2.07. The molecule has 4 aromatic carbocycles. The lowest BCUT2D eigenvalue weighted by Gasteiger charge is -2.46. The van der Waals surface area contributed by atoms with E-state index in [1.54, 1.807) is 19.0 Å². The predicted molar refractivity (Wildman–Crippen MR) is 283 cm³/mol. The fraction of sp³-hybridized carbons (Fsp3) is 0.351. The highest BCUT2D eigenvalue weighted by Crippen LogP contribution is 2.49. The Morgan fingerprint density at radius 1 is 0.773 bits per heavy atom. The molecule has 7 nitrogen and oxygen atoms in total. The molecule has 8 rings (SSSR count).